The van der Waals surface area contributed by atoms with Crippen molar-refractivity contribution in [2.45, 2.75) is 57.7 Å². The summed E-state index contributed by atoms with van der Waals surface area (Å²) in [5, 5.41) is 20.8. The molecule has 0 unspecified atom stereocenters. The minimum absolute atomic E-state index is 0.156. The summed E-state index contributed by atoms with van der Waals surface area (Å²) in [4.78, 5) is 23.3. The van der Waals surface area contributed by atoms with Crippen LogP contribution in [0.3, 0.4) is 0 Å². The molecule has 1 aliphatic rings. The van der Waals surface area contributed by atoms with E-state index in [0.717, 1.165) is 58.1 Å². The molecule has 6 heteroatoms. The molecule has 0 saturated heterocycles. The molecule has 2 heterocycles. The van der Waals surface area contributed by atoms with Gasteiger partial charge in [-0.2, -0.15) is 0 Å². The van der Waals surface area contributed by atoms with E-state index in [2.05, 4.69) is 23.2 Å². The molecule has 0 bridgehead atoms. The van der Waals surface area contributed by atoms with Gasteiger partial charge in [0.2, 0.25) is 0 Å². The summed E-state index contributed by atoms with van der Waals surface area (Å²) in [6.45, 7) is 5.71. The number of fused-ring (bicyclic) bond motifs is 1. The second kappa shape index (κ2) is 9.03. The fraction of sp³-hybridized carbons (Fsp3) is 0.300. The van der Waals surface area contributed by atoms with Crippen molar-refractivity contribution in [1.29, 1.82) is 0 Å². The van der Waals surface area contributed by atoms with Gasteiger partial charge in [-0.1, -0.05) is 54.6 Å². The van der Waals surface area contributed by atoms with Gasteiger partial charge in [0, 0.05) is 28.2 Å². The smallest absolute Gasteiger partial charge is 0.408 e. The second-order valence-corrected chi connectivity index (χ2v) is 10.5. The highest BCUT2D eigenvalue weighted by Crippen LogP contribution is 2.49. The Morgan fingerprint density at radius 3 is 2.25 bits per heavy atom. The molecule has 2 aromatic heterocycles. The average Bonchev–Trinajstić information content (AvgIpc) is 2.84. The van der Waals surface area contributed by atoms with Gasteiger partial charge in [-0.25, -0.2) is 9.78 Å². The van der Waals surface area contributed by atoms with Crippen LogP contribution in [0.25, 0.3) is 33.3 Å². The zero-order valence-corrected chi connectivity index (χ0v) is 20.9. The fourth-order valence-corrected chi connectivity index (χ4v) is 5.54. The van der Waals surface area contributed by atoms with E-state index in [9.17, 15) is 15.0 Å². The number of carbonyl (C=O) groups is 1. The van der Waals surface area contributed by atoms with Crippen LogP contribution in [0.2, 0.25) is 0 Å². The van der Waals surface area contributed by atoms with Crippen LogP contribution >= 0.6 is 0 Å². The molecule has 0 spiro atoms. The first kappa shape index (κ1) is 23.9. The number of hydrogen-bond donors (Lipinski definition) is 2. The zero-order valence-electron chi connectivity index (χ0n) is 20.9. The Kier molecular flexibility index (Phi) is 6.00. The number of aliphatic hydroxyl groups excluding tert-OH is 1. The quantitative estimate of drug-likeness (QED) is 0.335. The van der Waals surface area contributed by atoms with Gasteiger partial charge in [-0.05, 0) is 63.3 Å². The minimum Gasteiger partial charge on any atom is -0.465 e. The molecule has 2 aromatic carbocycles. The lowest BCUT2D eigenvalue weighted by Crippen LogP contribution is -2.60. The maximum atomic E-state index is 12.3. The van der Waals surface area contributed by atoms with E-state index in [1.807, 2.05) is 69.3 Å². The molecule has 4 aromatic rings. The first-order valence-electron chi connectivity index (χ1n) is 12.3. The lowest BCUT2D eigenvalue weighted by molar-refractivity contribution is -0.0328. The van der Waals surface area contributed by atoms with Gasteiger partial charge < -0.3 is 10.2 Å². The molecule has 0 aliphatic heterocycles. The Morgan fingerprint density at radius 2 is 1.69 bits per heavy atom. The number of pyridine rings is 2. The number of benzene rings is 2. The lowest BCUT2D eigenvalue weighted by Gasteiger charge is -2.54. The van der Waals surface area contributed by atoms with Crippen LogP contribution in [0.5, 0.6) is 0 Å². The number of aromatic nitrogens is 2. The Hall–Kier alpha value is -3.77. The number of nitrogens with zero attached hydrogens (tertiary/aromatic N) is 3. The molecule has 36 heavy (non-hydrogen) atoms. The maximum Gasteiger partial charge on any atom is 0.408 e. The van der Waals surface area contributed by atoms with Crippen LogP contribution < -0.4 is 0 Å². The largest absolute Gasteiger partial charge is 0.465 e. The van der Waals surface area contributed by atoms with Gasteiger partial charge in [0.15, 0.2) is 0 Å². The van der Waals surface area contributed by atoms with Gasteiger partial charge in [0.25, 0.3) is 0 Å². The molecular weight excluding hydrogens is 450 g/mol. The van der Waals surface area contributed by atoms with E-state index in [1.165, 1.54) is 0 Å². The highest BCUT2D eigenvalue weighted by Gasteiger charge is 2.50. The van der Waals surface area contributed by atoms with Crippen molar-refractivity contribution in [3.63, 3.8) is 0 Å². The first-order valence-corrected chi connectivity index (χ1v) is 12.3. The monoisotopic (exact) mass is 481 g/mol. The Labute approximate surface area is 211 Å². The van der Waals surface area contributed by atoms with Gasteiger partial charge in [-0.15, -0.1) is 0 Å². The van der Waals surface area contributed by atoms with Crippen molar-refractivity contribution in [3.8, 4) is 22.4 Å². The van der Waals surface area contributed by atoms with Crippen LogP contribution in [0, 0.1) is 0 Å². The number of carboxylic acid groups (broad SMARTS) is 1. The number of aliphatic hydroxyl groups is 1. The SMILES string of the molecule is CC(C)(C)N(C(=O)O)C1(c2ccc(-c3nc4ccnc(CO)c4cc3-c3ccccc3)cc2)CCC1. The highest BCUT2D eigenvalue weighted by molar-refractivity contribution is 5.92. The summed E-state index contributed by atoms with van der Waals surface area (Å²) in [7, 11) is 0. The average molecular weight is 482 g/mol. The topological polar surface area (TPSA) is 86.6 Å². The van der Waals surface area contributed by atoms with Gasteiger partial charge in [-0.3, -0.25) is 9.88 Å². The Balaban J connectivity index is 1.64. The van der Waals surface area contributed by atoms with E-state index >= 15 is 0 Å². The summed E-state index contributed by atoms with van der Waals surface area (Å²) >= 11 is 0. The van der Waals surface area contributed by atoms with Gasteiger partial charge in [0.05, 0.1) is 29.1 Å². The summed E-state index contributed by atoms with van der Waals surface area (Å²) in [5.41, 5.74) is 5.14. The molecular formula is C30H31N3O3. The van der Waals surface area contributed by atoms with E-state index in [-0.39, 0.29) is 6.61 Å². The van der Waals surface area contributed by atoms with Crippen molar-refractivity contribution in [3.05, 3.63) is 84.2 Å². The molecule has 1 saturated carbocycles. The second-order valence-electron chi connectivity index (χ2n) is 10.5. The molecule has 0 radical (unpaired) electrons. The standard InChI is InChI=1S/C30H31N3O3/c1-29(2,3)33(28(35)36)30(15-7-16-30)22-12-10-21(11-13-22)27-23(20-8-5-4-6-9-20)18-24-25(32-27)14-17-31-26(24)19-34/h4-6,8-14,17-18,34H,7,15-16,19H2,1-3H3,(H,35,36). The van der Waals surface area contributed by atoms with Crippen molar-refractivity contribution < 1.29 is 15.0 Å². The number of rotatable bonds is 5. The number of amides is 1. The van der Waals surface area contributed by atoms with Gasteiger partial charge in [0.1, 0.15) is 0 Å². The van der Waals surface area contributed by atoms with Crippen LogP contribution in [-0.4, -0.2) is 36.7 Å². The van der Waals surface area contributed by atoms with Crippen LogP contribution in [-0.2, 0) is 12.1 Å². The predicted molar refractivity (Wildman–Crippen MR) is 141 cm³/mol. The summed E-state index contributed by atoms with van der Waals surface area (Å²) in [6.07, 6.45) is 3.42. The van der Waals surface area contributed by atoms with Crippen molar-refractivity contribution >= 4 is 17.0 Å². The molecule has 2 N–H and O–H groups in total. The minimum atomic E-state index is -0.887. The normalized spacial score (nSPS) is 14.9. The zero-order chi connectivity index (χ0) is 25.5. The third-order valence-corrected chi connectivity index (χ3v) is 7.23. The number of hydrogen-bond acceptors (Lipinski definition) is 4. The molecule has 1 amide bonds. The van der Waals surface area contributed by atoms with Crippen LogP contribution in [0.15, 0.2) is 72.9 Å². The third-order valence-electron chi connectivity index (χ3n) is 7.23. The summed E-state index contributed by atoms with van der Waals surface area (Å²) in [6, 6.07) is 22.2. The van der Waals surface area contributed by atoms with Gasteiger partial charge >= 0.3 is 6.09 Å². The Bertz CT molecular complexity index is 1410. The molecule has 6 nitrogen and oxygen atoms in total. The van der Waals surface area contributed by atoms with Crippen molar-refractivity contribution in [1.82, 2.24) is 14.9 Å². The Morgan fingerprint density at radius 1 is 1.00 bits per heavy atom. The first-order chi connectivity index (χ1) is 17.2. The lowest BCUT2D eigenvalue weighted by atomic mass is 9.69. The molecule has 1 fully saturated rings. The van der Waals surface area contributed by atoms with E-state index < -0.39 is 17.2 Å². The summed E-state index contributed by atoms with van der Waals surface area (Å²) < 4.78 is 0. The predicted octanol–water partition coefficient (Wildman–Crippen LogP) is 6.61. The fourth-order valence-electron chi connectivity index (χ4n) is 5.54. The summed E-state index contributed by atoms with van der Waals surface area (Å²) in [5.74, 6) is 0. The highest BCUT2D eigenvalue weighted by atomic mass is 16.4. The molecule has 0 atom stereocenters. The van der Waals surface area contributed by atoms with Crippen LogP contribution in [0.1, 0.15) is 51.3 Å². The van der Waals surface area contributed by atoms with Crippen LogP contribution in [0.4, 0.5) is 4.79 Å². The van der Waals surface area contributed by atoms with E-state index in [1.54, 1.807) is 11.1 Å². The molecule has 5 rings (SSSR count). The van der Waals surface area contributed by atoms with E-state index in [4.69, 9.17) is 4.98 Å². The molecule has 184 valence electrons. The van der Waals surface area contributed by atoms with Crippen molar-refractivity contribution in [2.24, 2.45) is 0 Å². The van der Waals surface area contributed by atoms with E-state index in [0.29, 0.717) is 5.69 Å². The molecule has 1 aliphatic carbocycles. The maximum absolute atomic E-state index is 12.3. The third kappa shape index (κ3) is 4.01. The van der Waals surface area contributed by atoms with Crippen molar-refractivity contribution in [2.75, 3.05) is 0 Å².